The van der Waals surface area contributed by atoms with Crippen molar-refractivity contribution in [2.24, 2.45) is 0 Å². The summed E-state index contributed by atoms with van der Waals surface area (Å²) in [5.74, 6) is 1.72. The number of benzene rings is 3. The molecule has 32 heavy (non-hydrogen) atoms. The molecule has 6 nitrogen and oxygen atoms in total. The van der Waals surface area contributed by atoms with Crippen LogP contribution in [-0.2, 0) is 11.3 Å². The van der Waals surface area contributed by atoms with Gasteiger partial charge in [-0.15, -0.1) is 10.2 Å². The van der Waals surface area contributed by atoms with Crippen LogP contribution in [0.5, 0.6) is 5.75 Å². The van der Waals surface area contributed by atoms with Crippen LogP contribution in [0.2, 0.25) is 0 Å². The molecule has 0 bridgehead atoms. The van der Waals surface area contributed by atoms with E-state index in [0.29, 0.717) is 11.7 Å². The van der Waals surface area contributed by atoms with E-state index in [2.05, 4.69) is 34.6 Å². The summed E-state index contributed by atoms with van der Waals surface area (Å²) in [5.41, 5.74) is 4.12. The second-order valence-corrected chi connectivity index (χ2v) is 8.20. The molecule has 4 aromatic rings. The van der Waals surface area contributed by atoms with E-state index in [1.807, 2.05) is 71.3 Å². The minimum absolute atomic E-state index is 0.0645. The molecule has 4 rings (SSSR count). The highest BCUT2D eigenvalue weighted by molar-refractivity contribution is 7.99. The number of ether oxygens (including phenoxy) is 1. The minimum Gasteiger partial charge on any atom is -0.497 e. The van der Waals surface area contributed by atoms with Crippen LogP contribution < -0.4 is 10.1 Å². The SMILES string of the molecule is COc1ccc(CNC(=O)CSc2nnc(-c3ccc(C)cc3)n2-c2ccccc2)cc1. The molecule has 7 heteroatoms. The van der Waals surface area contributed by atoms with Crippen LogP contribution in [0.3, 0.4) is 0 Å². The van der Waals surface area contributed by atoms with Crippen molar-refractivity contribution in [3.63, 3.8) is 0 Å². The van der Waals surface area contributed by atoms with Crippen LogP contribution in [0.25, 0.3) is 17.1 Å². The van der Waals surface area contributed by atoms with Crippen molar-refractivity contribution in [2.75, 3.05) is 12.9 Å². The van der Waals surface area contributed by atoms with Crippen molar-refractivity contribution >= 4 is 17.7 Å². The number of rotatable bonds is 8. The van der Waals surface area contributed by atoms with Gasteiger partial charge in [-0.2, -0.15) is 0 Å². The van der Waals surface area contributed by atoms with Crippen molar-refractivity contribution < 1.29 is 9.53 Å². The third kappa shape index (κ3) is 5.18. The van der Waals surface area contributed by atoms with Gasteiger partial charge in [-0.05, 0) is 36.8 Å². The van der Waals surface area contributed by atoms with Crippen LogP contribution >= 0.6 is 11.8 Å². The second kappa shape index (κ2) is 10.2. The normalized spacial score (nSPS) is 10.7. The topological polar surface area (TPSA) is 69.0 Å². The van der Waals surface area contributed by atoms with Gasteiger partial charge in [-0.1, -0.05) is 71.9 Å². The molecule has 0 aliphatic heterocycles. The first-order valence-corrected chi connectivity index (χ1v) is 11.2. The van der Waals surface area contributed by atoms with Crippen LogP contribution in [0.15, 0.2) is 84.0 Å². The molecular formula is C25H24N4O2S. The molecule has 0 spiro atoms. The van der Waals surface area contributed by atoms with Crippen molar-refractivity contribution in [1.29, 1.82) is 0 Å². The lowest BCUT2D eigenvalue weighted by Gasteiger charge is -2.11. The summed E-state index contributed by atoms with van der Waals surface area (Å²) in [6.45, 7) is 2.51. The molecule has 0 radical (unpaired) electrons. The monoisotopic (exact) mass is 444 g/mol. The van der Waals surface area contributed by atoms with Gasteiger partial charge in [-0.3, -0.25) is 9.36 Å². The van der Waals surface area contributed by atoms with E-state index < -0.39 is 0 Å². The largest absolute Gasteiger partial charge is 0.497 e. The highest BCUT2D eigenvalue weighted by Gasteiger charge is 2.17. The number of carbonyl (C=O) groups is 1. The summed E-state index contributed by atoms with van der Waals surface area (Å²) in [6.07, 6.45) is 0. The summed E-state index contributed by atoms with van der Waals surface area (Å²) < 4.78 is 7.16. The molecule has 0 saturated carbocycles. The van der Waals surface area contributed by atoms with E-state index in [9.17, 15) is 4.79 Å². The highest BCUT2D eigenvalue weighted by atomic mass is 32.2. The predicted molar refractivity (Wildman–Crippen MR) is 127 cm³/mol. The van der Waals surface area contributed by atoms with Gasteiger partial charge < -0.3 is 10.1 Å². The lowest BCUT2D eigenvalue weighted by atomic mass is 10.1. The molecule has 1 heterocycles. The molecule has 0 aliphatic rings. The third-order valence-electron chi connectivity index (χ3n) is 4.94. The number of methoxy groups -OCH3 is 1. The maximum absolute atomic E-state index is 12.5. The fraction of sp³-hybridized carbons (Fsp3) is 0.160. The fourth-order valence-corrected chi connectivity index (χ4v) is 3.97. The summed E-state index contributed by atoms with van der Waals surface area (Å²) in [4.78, 5) is 12.5. The molecule has 0 saturated heterocycles. The lowest BCUT2D eigenvalue weighted by Crippen LogP contribution is -2.24. The minimum atomic E-state index is -0.0645. The van der Waals surface area contributed by atoms with E-state index in [1.54, 1.807) is 7.11 Å². The van der Waals surface area contributed by atoms with Crippen molar-refractivity contribution in [3.8, 4) is 22.8 Å². The van der Waals surface area contributed by atoms with Crippen LogP contribution in [0.4, 0.5) is 0 Å². The van der Waals surface area contributed by atoms with Crippen molar-refractivity contribution in [1.82, 2.24) is 20.1 Å². The van der Waals surface area contributed by atoms with Gasteiger partial charge in [0.05, 0.1) is 12.9 Å². The van der Waals surface area contributed by atoms with Gasteiger partial charge >= 0.3 is 0 Å². The zero-order valence-corrected chi connectivity index (χ0v) is 18.8. The summed E-state index contributed by atoms with van der Waals surface area (Å²) >= 11 is 1.37. The first-order valence-electron chi connectivity index (χ1n) is 10.2. The standard InChI is InChI=1S/C25H24N4O2S/c1-18-8-12-20(13-9-18)24-27-28-25(29(24)21-6-4-3-5-7-21)32-17-23(30)26-16-19-10-14-22(31-2)15-11-19/h3-15H,16-17H2,1-2H3,(H,26,30). The maximum Gasteiger partial charge on any atom is 0.230 e. The molecular weight excluding hydrogens is 420 g/mol. The number of nitrogens with zero attached hydrogens (tertiary/aromatic N) is 3. The number of aryl methyl sites for hydroxylation is 1. The Bertz CT molecular complexity index is 1170. The first-order chi connectivity index (χ1) is 15.6. The lowest BCUT2D eigenvalue weighted by molar-refractivity contribution is -0.118. The van der Waals surface area contributed by atoms with Crippen LogP contribution in [0.1, 0.15) is 11.1 Å². The maximum atomic E-state index is 12.5. The Labute approximate surface area is 191 Å². The summed E-state index contributed by atoms with van der Waals surface area (Å²) in [6, 6.07) is 25.8. The smallest absolute Gasteiger partial charge is 0.230 e. The number of para-hydroxylation sites is 1. The van der Waals surface area contributed by atoms with Gasteiger partial charge in [0.25, 0.3) is 0 Å². The molecule has 1 N–H and O–H groups in total. The quantitative estimate of drug-likeness (QED) is 0.400. The zero-order chi connectivity index (χ0) is 22.3. The van der Waals surface area contributed by atoms with E-state index in [-0.39, 0.29) is 11.7 Å². The second-order valence-electron chi connectivity index (χ2n) is 7.26. The van der Waals surface area contributed by atoms with Crippen molar-refractivity contribution in [3.05, 3.63) is 90.0 Å². The van der Waals surface area contributed by atoms with E-state index in [1.165, 1.54) is 17.3 Å². The number of nitrogens with one attached hydrogen (secondary N) is 1. The summed E-state index contributed by atoms with van der Waals surface area (Å²) in [5, 5.41) is 12.4. The molecule has 162 valence electrons. The van der Waals surface area contributed by atoms with Gasteiger partial charge in [0.15, 0.2) is 11.0 Å². The average molecular weight is 445 g/mol. The van der Waals surface area contributed by atoms with E-state index in [0.717, 1.165) is 28.4 Å². The van der Waals surface area contributed by atoms with Crippen LogP contribution in [0, 0.1) is 6.92 Å². The van der Waals surface area contributed by atoms with Gasteiger partial charge in [-0.25, -0.2) is 0 Å². The summed E-state index contributed by atoms with van der Waals surface area (Å²) in [7, 11) is 1.63. The van der Waals surface area contributed by atoms with Crippen molar-refractivity contribution in [2.45, 2.75) is 18.6 Å². The molecule has 1 aromatic heterocycles. The highest BCUT2D eigenvalue weighted by Crippen LogP contribution is 2.28. The number of thioether (sulfide) groups is 1. The predicted octanol–water partition coefficient (Wildman–Crippen LogP) is 4.66. The number of amides is 1. The van der Waals surface area contributed by atoms with Gasteiger partial charge in [0.1, 0.15) is 5.75 Å². The zero-order valence-electron chi connectivity index (χ0n) is 18.0. The Hall–Kier alpha value is -3.58. The Morgan fingerprint density at radius 2 is 1.69 bits per heavy atom. The number of carbonyl (C=O) groups excluding carboxylic acids is 1. The molecule has 3 aromatic carbocycles. The Balaban J connectivity index is 1.48. The third-order valence-corrected chi connectivity index (χ3v) is 5.87. The van der Waals surface area contributed by atoms with Gasteiger partial charge in [0, 0.05) is 17.8 Å². The molecule has 0 aliphatic carbocycles. The van der Waals surface area contributed by atoms with E-state index >= 15 is 0 Å². The molecule has 1 amide bonds. The first kappa shape index (κ1) is 21.6. The Morgan fingerprint density at radius 1 is 0.969 bits per heavy atom. The number of aromatic nitrogens is 3. The van der Waals surface area contributed by atoms with E-state index in [4.69, 9.17) is 4.74 Å². The number of hydrogen-bond donors (Lipinski definition) is 1. The molecule has 0 fully saturated rings. The fourth-order valence-electron chi connectivity index (χ4n) is 3.19. The van der Waals surface area contributed by atoms with Crippen LogP contribution in [-0.4, -0.2) is 33.5 Å². The average Bonchev–Trinajstić information content (AvgIpc) is 3.26. The Morgan fingerprint density at radius 3 is 2.38 bits per heavy atom. The molecule has 0 unspecified atom stereocenters. The molecule has 0 atom stereocenters. The Kier molecular flexibility index (Phi) is 6.87. The van der Waals surface area contributed by atoms with Gasteiger partial charge in [0.2, 0.25) is 5.91 Å². The number of hydrogen-bond acceptors (Lipinski definition) is 5.